The SMILES string of the molecule is COc1ccc(CNS(=O)(=O)c2c(C)noc2C)cc1C. The molecule has 0 saturated carbocycles. The van der Waals surface area contributed by atoms with Crippen LogP contribution in [-0.2, 0) is 16.6 Å². The van der Waals surface area contributed by atoms with Gasteiger partial charge in [0.2, 0.25) is 10.0 Å². The van der Waals surface area contributed by atoms with Crippen LogP contribution in [0, 0.1) is 20.8 Å². The molecule has 0 fully saturated rings. The van der Waals surface area contributed by atoms with Crippen molar-refractivity contribution >= 4 is 10.0 Å². The van der Waals surface area contributed by atoms with Gasteiger partial charge in [-0.1, -0.05) is 17.3 Å². The first-order valence-electron chi connectivity index (χ1n) is 6.41. The Kier molecular flexibility index (Phi) is 4.34. The van der Waals surface area contributed by atoms with Crippen molar-refractivity contribution in [2.75, 3.05) is 7.11 Å². The molecule has 1 heterocycles. The van der Waals surface area contributed by atoms with E-state index < -0.39 is 10.0 Å². The molecule has 0 aliphatic rings. The summed E-state index contributed by atoms with van der Waals surface area (Å²) in [5.74, 6) is 1.05. The average Bonchev–Trinajstić information content (AvgIpc) is 2.77. The van der Waals surface area contributed by atoms with Gasteiger partial charge in [-0.25, -0.2) is 13.1 Å². The Morgan fingerprint density at radius 2 is 2.00 bits per heavy atom. The number of nitrogens with zero attached hydrogens (tertiary/aromatic N) is 1. The highest BCUT2D eigenvalue weighted by Gasteiger charge is 2.23. The van der Waals surface area contributed by atoms with E-state index >= 15 is 0 Å². The maximum atomic E-state index is 12.3. The van der Waals surface area contributed by atoms with Gasteiger partial charge in [-0.2, -0.15) is 0 Å². The van der Waals surface area contributed by atoms with E-state index in [0.717, 1.165) is 16.9 Å². The first-order valence-corrected chi connectivity index (χ1v) is 7.89. The maximum Gasteiger partial charge on any atom is 0.246 e. The lowest BCUT2D eigenvalue weighted by atomic mass is 10.1. The summed E-state index contributed by atoms with van der Waals surface area (Å²) in [7, 11) is -2.04. The summed E-state index contributed by atoms with van der Waals surface area (Å²) in [6.07, 6.45) is 0. The van der Waals surface area contributed by atoms with Gasteiger partial charge in [0, 0.05) is 6.54 Å². The Bertz CT molecular complexity index is 731. The number of sulfonamides is 1. The number of hydrogen-bond donors (Lipinski definition) is 1. The van der Waals surface area contributed by atoms with Gasteiger partial charge in [0.1, 0.15) is 16.3 Å². The van der Waals surface area contributed by atoms with Crippen molar-refractivity contribution < 1.29 is 17.7 Å². The minimum atomic E-state index is -3.64. The summed E-state index contributed by atoms with van der Waals surface area (Å²) in [5.41, 5.74) is 2.15. The Hall–Kier alpha value is -1.86. The molecule has 6 nitrogen and oxygen atoms in total. The molecule has 2 aromatic rings. The molecule has 0 spiro atoms. The monoisotopic (exact) mass is 310 g/mol. The zero-order chi connectivity index (χ0) is 15.6. The molecular formula is C14H18N2O4S. The number of ether oxygens (including phenoxy) is 1. The zero-order valence-electron chi connectivity index (χ0n) is 12.4. The van der Waals surface area contributed by atoms with Gasteiger partial charge in [-0.3, -0.25) is 0 Å². The highest BCUT2D eigenvalue weighted by molar-refractivity contribution is 7.89. The van der Waals surface area contributed by atoms with Gasteiger partial charge in [0.25, 0.3) is 0 Å². The Balaban J connectivity index is 2.18. The molecule has 0 radical (unpaired) electrons. The quantitative estimate of drug-likeness (QED) is 0.914. The summed E-state index contributed by atoms with van der Waals surface area (Å²) in [5, 5.41) is 3.66. The third kappa shape index (κ3) is 3.25. The minimum Gasteiger partial charge on any atom is -0.496 e. The van der Waals surface area contributed by atoms with Crippen LogP contribution in [0.25, 0.3) is 0 Å². The molecule has 0 unspecified atom stereocenters. The standard InChI is InChI=1S/C14H18N2O4S/c1-9-7-12(5-6-13(9)19-4)8-15-21(17,18)14-10(2)16-20-11(14)3/h5-7,15H,8H2,1-4H3. The lowest BCUT2D eigenvalue weighted by Crippen LogP contribution is -2.24. The minimum absolute atomic E-state index is 0.104. The lowest BCUT2D eigenvalue weighted by molar-refractivity contribution is 0.390. The Labute approximate surface area is 124 Å². The van der Waals surface area contributed by atoms with E-state index in [-0.39, 0.29) is 17.2 Å². The molecule has 0 bridgehead atoms. The molecule has 114 valence electrons. The van der Waals surface area contributed by atoms with Crippen LogP contribution in [0.1, 0.15) is 22.6 Å². The molecule has 0 aliphatic heterocycles. The van der Waals surface area contributed by atoms with Crippen molar-refractivity contribution in [3.63, 3.8) is 0 Å². The Morgan fingerprint density at radius 1 is 1.29 bits per heavy atom. The molecule has 0 amide bonds. The van der Waals surface area contributed by atoms with Crippen molar-refractivity contribution in [1.82, 2.24) is 9.88 Å². The predicted octanol–water partition coefficient (Wildman–Crippen LogP) is 2.09. The number of rotatable bonds is 5. The van der Waals surface area contributed by atoms with Crippen LogP contribution in [0.3, 0.4) is 0 Å². The summed E-state index contributed by atoms with van der Waals surface area (Å²) in [6, 6.07) is 5.52. The van der Waals surface area contributed by atoms with Crippen molar-refractivity contribution in [2.24, 2.45) is 0 Å². The fourth-order valence-electron chi connectivity index (χ4n) is 2.16. The van der Waals surface area contributed by atoms with Crippen LogP contribution in [0.2, 0.25) is 0 Å². The van der Waals surface area contributed by atoms with E-state index in [9.17, 15) is 8.42 Å². The number of nitrogens with one attached hydrogen (secondary N) is 1. The van der Waals surface area contributed by atoms with Crippen LogP contribution in [0.4, 0.5) is 0 Å². The molecule has 0 atom stereocenters. The summed E-state index contributed by atoms with van der Waals surface area (Å²) >= 11 is 0. The smallest absolute Gasteiger partial charge is 0.246 e. The number of aryl methyl sites for hydroxylation is 3. The molecule has 1 N–H and O–H groups in total. The molecule has 7 heteroatoms. The fraction of sp³-hybridized carbons (Fsp3) is 0.357. The van der Waals surface area contributed by atoms with Gasteiger partial charge < -0.3 is 9.26 Å². The Morgan fingerprint density at radius 3 is 2.52 bits per heavy atom. The molecule has 2 rings (SSSR count). The van der Waals surface area contributed by atoms with Crippen molar-refractivity contribution in [3.05, 3.63) is 40.8 Å². The van der Waals surface area contributed by atoms with Gasteiger partial charge in [-0.05, 0) is 38.0 Å². The highest BCUT2D eigenvalue weighted by atomic mass is 32.2. The third-order valence-electron chi connectivity index (χ3n) is 3.16. The first kappa shape index (κ1) is 15.5. The number of benzene rings is 1. The van der Waals surface area contributed by atoms with E-state index in [1.165, 1.54) is 0 Å². The summed E-state index contributed by atoms with van der Waals surface area (Å²) < 4.78 is 37.2. The second-order valence-electron chi connectivity index (χ2n) is 4.78. The largest absolute Gasteiger partial charge is 0.496 e. The van der Waals surface area contributed by atoms with Gasteiger partial charge in [0.05, 0.1) is 7.11 Å². The molecular weight excluding hydrogens is 292 g/mol. The van der Waals surface area contributed by atoms with Crippen LogP contribution in [0.15, 0.2) is 27.6 Å². The van der Waals surface area contributed by atoms with Gasteiger partial charge in [0.15, 0.2) is 5.76 Å². The molecule has 1 aromatic heterocycles. The van der Waals surface area contributed by atoms with E-state index in [4.69, 9.17) is 9.26 Å². The van der Waals surface area contributed by atoms with E-state index in [0.29, 0.717) is 5.69 Å². The molecule has 21 heavy (non-hydrogen) atoms. The van der Waals surface area contributed by atoms with E-state index in [1.807, 2.05) is 25.1 Å². The van der Waals surface area contributed by atoms with E-state index in [2.05, 4.69) is 9.88 Å². The first-order chi connectivity index (χ1) is 9.85. The normalized spacial score (nSPS) is 11.6. The predicted molar refractivity (Wildman–Crippen MR) is 77.7 cm³/mol. The van der Waals surface area contributed by atoms with Crippen molar-refractivity contribution in [1.29, 1.82) is 0 Å². The lowest BCUT2D eigenvalue weighted by Gasteiger charge is -2.09. The van der Waals surface area contributed by atoms with Crippen LogP contribution in [-0.4, -0.2) is 20.7 Å². The average molecular weight is 310 g/mol. The second-order valence-corrected chi connectivity index (χ2v) is 6.49. The van der Waals surface area contributed by atoms with Crippen LogP contribution >= 0.6 is 0 Å². The van der Waals surface area contributed by atoms with Gasteiger partial charge >= 0.3 is 0 Å². The number of hydrogen-bond acceptors (Lipinski definition) is 5. The molecule has 0 saturated heterocycles. The van der Waals surface area contributed by atoms with Crippen molar-refractivity contribution in [3.8, 4) is 5.75 Å². The number of methoxy groups -OCH3 is 1. The maximum absolute atomic E-state index is 12.3. The van der Waals surface area contributed by atoms with Crippen LogP contribution in [0.5, 0.6) is 5.75 Å². The van der Waals surface area contributed by atoms with Crippen molar-refractivity contribution in [2.45, 2.75) is 32.2 Å². The number of aromatic nitrogens is 1. The van der Waals surface area contributed by atoms with Crippen LogP contribution < -0.4 is 9.46 Å². The fourth-order valence-corrected chi connectivity index (χ4v) is 3.50. The third-order valence-corrected chi connectivity index (χ3v) is 4.81. The topological polar surface area (TPSA) is 81.4 Å². The molecule has 0 aliphatic carbocycles. The van der Waals surface area contributed by atoms with E-state index in [1.54, 1.807) is 21.0 Å². The zero-order valence-corrected chi connectivity index (χ0v) is 13.2. The highest BCUT2D eigenvalue weighted by Crippen LogP contribution is 2.21. The second kappa shape index (κ2) is 5.87. The van der Waals surface area contributed by atoms with Gasteiger partial charge in [-0.15, -0.1) is 0 Å². The summed E-state index contributed by atoms with van der Waals surface area (Å²) in [4.78, 5) is 0.104. The summed E-state index contributed by atoms with van der Waals surface area (Å²) in [6.45, 7) is 5.27. The molecule has 1 aromatic carbocycles.